The van der Waals surface area contributed by atoms with Gasteiger partial charge in [0, 0.05) is 29.9 Å². The van der Waals surface area contributed by atoms with Gasteiger partial charge in [0.25, 0.3) is 0 Å². The number of Topliss-reactive ketones (excluding diaryl/α,β-unsaturated/α-hetero) is 1. The second kappa shape index (κ2) is 11.1. The Balaban J connectivity index is 1.83. The van der Waals surface area contributed by atoms with Crippen LogP contribution in [0.4, 0.5) is 13.2 Å². The number of ketones is 1. The lowest BCUT2D eigenvalue weighted by Gasteiger charge is -2.21. The van der Waals surface area contributed by atoms with Gasteiger partial charge in [0.15, 0.2) is 15.9 Å². The summed E-state index contributed by atoms with van der Waals surface area (Å²) in [4.78, 5) is 27.1. The molecule has 5 nitrogen and oxygen atoms in total. The summed E-state index contributed by atoms with van der Waals surface area (Å²) in [7, 11) is 0. The lowest BCUT2D eigenvalue weighted by atomic mass is 9.90. The Kier molecular flexibility index (Phi) is 9.11. The third-order valence-electron chi connectivity index (χ3n) is 5.04. The number of carboxylic acids is 1. The monoisotopic (exact) mass is 463 g/mol. The summed E-state index contributed by atoms with van der Waals surface area (Å²) in [5.41, 5.74) is -1.30. The molecule has 0 spiro atoms. The maximum absolute atomic E-state index is 12.9. The SMILES string of the molecule is C[C@](O)(C/C=C/C1CCC(=O)[C@@H]1CCSc1nc(C(=O)O)cs1)CCC(F)=C(F)F. The van der Waals surface area contributed by atoms with Gasteiger partial charge in [-0.15, -0.1) is 11.3 Å². The van der Waals surface area contributed by atoms with Crippen LogP contribution in [-0.2, 0) is 4.79 Å². The Hall–Kier alpha value is -1.65. The van der Waals surface area contributed by atoms with E-state index in [1.165, 1.54) is 35.4 Å². The number of aliphatic hydroxyl groups is 1. The molecular weight excluding hydrogens is 439 g/mol. The third kappa shape index (κ3) is 7.55. The highest BCUT2D eigenvalue weighted by molar-refractivity contribution is 8.01. The van der Waals surface area contributed by atoms with E-state index in [0.717, 1.165) is 0 Å². The fourth-order valence-electron chi connectivity index (χ4n) is 3.31. The van der Waals surface area contributed by atoms with Crippen molar-refractivity contribution >= 4 is 34.9 Å². The summed E-state index contributed by atoms with van der Waals surface area (Å²) in [6, 6.07) is 0. The molecule has 1 saturated carbocycles. The van der Waals surface area contributed by atoms with Crippen molar-refractivity contribution in [3.05, 3.63) is 35.1 Å². The first-order chi connectivity index (χ1) is 14.1. The van der Waals surface area contributed by atoms with E-state index in [1.807, 2.05) is 6.08 Å². The Morgan fingerprint density at radius 3 is 2.80 bits per heavy atom. The predicted octanol–water partition coefficient (Wildman–Crippen LogP) is 5.47. The van der Waals surface area contributed by atoms with E-state index in [1.54, 1.807) is 6.08 Å². The Morgan fingerprint density at radius 2 is 2.17 bits per heavy atom. The van der Waals surface area contributed by atoms with Crippen molar-refractivity contribution < 1.29 is 33.0 Å². The zero-order valence-corrected chi connectivity index (χ0v) is 18.1. The minimum atomic E-state index is -2.36. The maximum Gasteiger partial charge on any atom is 0.355 e. The molecule has 1 aliphatic rings. The standard InChI is InChI=1S/C20H24F3NO4S2/c1-20(28,9-6-14(21)17(22)23)8-2-3-12-4-5-16(25)13(12)7-10-29-19-24-15(11-30-19)18(26)27/h2-3,11-13,28H,4-10H2,1H3,(H,26,27)/b3-2+/t12?,13-,20+/m1/s1. The zero-order valence-electron chi connectivity index (χ0n) is 16.4. The lowest BCUT2D eigenvalue weighted by molar-refractivity contribution is -0.121. The molecule has 1 aromatic rings. The van der Waals surface area contributed by atoms with Crippen molar-refractivity contribution in [1.82, 2.24) is 4.98 Å². The van der Waals surface area contributed by atoms with Crippen LogP contribution in [0.3, 0.4) is 0 Å². The molecule has 0 bridgehead atoms. The van der Waals surface area contributed by atoms with Crippen molar-refractivity contribution in [2.45, 2.75) is 55.4 Å². The normalized spacial score (nSPS) is 21.2. The fourth-order valence-corrected chi connectivity index (χ4v) is 5.20. The lowest BCUT2D eigenvalue weighted by Crippen LogP contribution is -2.23. The van der Waals surface area contributed by atoms with Crippen LogP contribution < -0.4 is 0 Å². The summed E-state index contributed by atoms with van der Waals surface area (Å²) in [6.45, 7) is 1.47. The molecule has 1 fully saturated rings. The van der Waals surface area contributed by atoms with E-state index < -0.39 is 29.9 Å². The number of rotatable bonds is 11. The summed E-state index contributed by atoms with van der Waals surface area (Å²) in [5, 5.41) is 20.6. The van der Waals surface area contributed by atoms with Crippen molar-refractivity contribution in [3.63, 3.8) is 0 Å². The van der Waals surface area contributed by atoms with Gasteiger partial charge in [-0.05, 0) is 38.5 Å². The number of hydrogen-bond acceptors (Lipinski definition) is 6. The summed E-state index contributed by atoms with van der Waals surface area (Å²) >= 11 is 2.67. The molecular formula is C20H24F3NO4S2. The second-order valence-corrected chi connectivity index (χ2v) is 9.71. The first kappa shape index (κ1) is 24.6. The van der Waals surface area contributed by atoms with Crippen LogP contribution in [0.1, 0.15) is 55.9 Å². The number of aromatic carboxylic acids is 1. The molecule has 0 radical (unpaired) electrons. The molecule has 10 heteroatoms. The molecule has 166 valence electrons. The summed E-state index contributed by atoms with van der Waals surface area (Å²) in [5.74, 6) is -1.90. The number of allylic oxidation sites excluding steroid dienone is 2. The molecule has 30 heavy (non-hydrogen) atoms. The first-order valence-corrected chi connectivity index (χ1v) is 11.4. The van der Waals surface area contributed by atoms with Crippen LogP contribution in [0, 0.1) is 11.8 Å². The topological polar surface area (TPSA) is 87.5 Å². The van der Waals surface area contributed by atoms with Crippen LogP contribution in [-0.4, -0.2) is 38.3 Å². The molecule has 1 aliphatic carbocycles. The largest absolute Gasteiger partial charge is 0.476 e. The van der Waals surface area contributed by atoms with E-state index in [9.17, 15) is 27.9 Å². The van der Waals surface area contributed by atoms with E-state index in [2.05, 4.69) is 4.98 Å². The van der Waals surface area contributed by atoms with Crippen molar-refractivity contribution in [3.8, 4) is 0 Å². The number of hydrogen-bond donors (Lipinski definition) is 2. The van der Waals surface area contributed by atoms with Crippen LogP contribution in [0.2, 0.25) is 0 Å². The number of halogens is 3. The van der Waals surface area contributed by atoms with Crippen molar-refractivity contribution in [2.24, 2.45) is 11.8 Å². The highest BCUT2D eigenvalue weighted by Crippen LogP contribution is 2.35. The van der Waals surface area contributed by atoms with Crippen molar-refractivity contribution in [2.75, 3.05) is 5.75 Å². The number of nitrogens with zero attached hydrogens (tertiary/aromatic N) is 1. The number of carboxylic acid groups (broad SMARTS) is 1. The molecule has 2 N–H and O–H groups in total. The number of thiazole rings is 1. The number of carbonyl (C=O) groups excluding carboxylic acids is 1. The molecule has 1 unspecified atom stereocenters. The van der Waals surface area contributed by atoms with Gasteiger partial charge >= 0.3 is 12.0 Å². The quantitative estimate of drug-likeness (QED) is 0.334. The van der Waals surface area contributed by atoms with Gasteiger partial charge in [-0.1, -0.05) is 23.9 Å². The average molecular weight is 464 g/mol. The molecule has 1 aromatic heterocycles. The van der Waals surface area contributed by atoms with Gasteiger partial charge in [0.2, 0.25) is 0 Å². The minimum Gasteiger partial charge on any atom is -0.476 e. The first-order valence-electron chi connectivity index (χ1n) is 9.52. The van der Waals surface area contributed by atoms with Crippen LogP contribution >= 0.6 is 23.1 Å². The molecule has 1 heterocycles. The number of thioether (sulfide) groups is 1. The van der Waals surface area contributed by atoms with Gasteiger partial charge in [-0.3, -0.25) is 4.79 Å². The minimum absolute atomic E-state index is 0.0110. The average Bonchev–Trinajstić information content (AvgIpc) is 3.28. The van der Waals surface area contributed by atoms with Crippen LogP contribution in [0.5, 0.6) is 0 Å². The molecule has 3 atom stereocenters. The predicted molar refractivity (Wildman–Crippen MR) is 110 cm³/mol. The zero-order chi connectivity index (χ0) is 22.3. The van der Waals surface area contributed by atoms with Gasteiger partial charge in [-0.25, -0.2) is 14.2 Å². The van der Waals surface area contributed by atoms with Gasteiger partial charge in [0.05, 0.1) is 5.60 Å². The van der Waals surface area contributed by atoms with Gasteiger partial charge in [-0.2, -0.15) is 8.78 Å². The maximum atomic E-state index is 12.9. The van der Waals surface area contributed by atoms with E-state index >= 15 is 0 Å². The Morgan fingerprint density at radius 1 is 1.43 bits per heavy atom. The molecule has 0 aromatic carbocycles. The van der Waals surface area contributed by atoms with E-state index in [-0.39, 0.29) is 36.2 Å². The molecule has 0 amide bonds. The van der Waals surface area contributed by atoms with Crippen LogP contribution in [0.15, 0.2) is 33.8 Å². The van der Waals surface area contributed by atoms with E-state index in [4.69, 9.17) is 5.11 Å². The molecule has 0 aliphatic heterocycles. The smallest absolute Gasteiger partial charge is 0.355 e. The van der Waals surface area contributed by atoms with Gasteiger partial charge in [0.1, 0.15) is 5.78 Å². The Bertz CT molecular complexity index is 819. The van der Waals surface area contributed by atoms with Crippen LogP contribution in [0.25, 0.3) is 0 Å². The highest BCUT2D eigenvalue weighted by Gasteiger charge is 2.32. The molecule has 2 rings (SSSR count). The number of aromatic nitrogens is 1. The highest BCUT2D eigenvalue weighted by atomic mass is 32.2. The summed E-state index contributed by atoms with van der Waals surface area (Å²) in [6.07, 6.45) is 2.59. The van der Waals surface area contributed by atoms with Crippen molar-refractivity contribution in [1.29, 1.82) is 0 Å². The summed E-state index contributed by atoms with van der Waals surface area (Å²) < 4.78 is 37.8. The third-order valence-corrected chi connectivity index (χ3v) is 7.09. The molecule has 0 saturated heterocycles. The fraction of sp³-hybridized carbons (Fsp3) is 0.550. The van der Waals surface area contributed by atoms with E-state index in [0.29, 0.717) is 29.4 Å². The van der Waals surface area contributed by atoms with Gasteiger partial charge < -0.3 is 10.2 Å². The Labute approximate surface area is 181 Å². The second-order valence-electron chi connectivity index (χ2n) is 7.51. The number of carbonyl (C=O) groups is 2.